The lowest BCUT2D eigenvalue weighted by atomic mass is 10.1. The molecule has 4 nitrogen and oxygen atoms in total. The lowest BCUT2D eigenvalue weighted by Gasteiger charge is -2.06. The van der Waals surface area contributed by atoms with Crippen molar-refractivity contribution >= 4 is 21.6 Å². The van der Waals surface area contributed by atoms with Crippen LogP contribution in [-0.2, 0) is 6.18 Å². The zero-order valence-electron chi connectivity index (χ0n) is 11.2. The molecule has 0 unspecified atom stereocenters. The summed E-state index contributed by atoms with van der Waals surface area (Å²) in [6.45, 7) is 1.60. The van der Waals surface area contributed by atoms with Crippen molar-refractivity contribution in [3.63, 3.8) is 0 Å². The topological polar surface area (TPSA) is 50.2 Å². The van der Waals surface area contributed by atoms with Crippen molar-refractivity contribution in [1.29, 1.82) is 0 Å². The molecular formula is C14H9BrF3N3O. The summed E-state index contributed by atoms with van der Waals surface area (Å²) in [5, 5.41) is 3.48. The van der Waals surface area contributed by atoms with Crippen LogP contribution in [0, 0.1) is 6.92 Å². The maximum atomic E-state index is 13.3. The first kappa shape index (κ1) is 14.8. The van der Waals surface area contributed by atoms with Gasteiger partial charge in [-0.25, -0.2) is 0 Å². The average molecular weight is 372 g/mol. The second kappa shape index (κ2) is 4.98. The summed E-state index contributed by atoms with van der Waals surface area (Å²) >= 11 is 3.05. The minimum atomic E-state index is -4.67. The minimum Gasteiger partial charge on any atom is -0.342 e. The number of alkyl halides is 3. The molecule has 8 heteroatoms. The van der Waals surface area contributed by atoms with Gasteiger partial charge < -0.3 is 4.98 Å². The number of aryl methyl sites for hydroxylation is 1. The molecule has 22 heavy (non-hydrogen) atoms. The Kier molecular flexibility index (Phi) is 3.36. The average Bonchev–Trinajstić information content (AvgIpc) is 2.85. The smallest absolute Gasteiger partial charge is 0.342 e. The van der Waals surface area contributed by atoms with Crippen molar-refractivity contribution in [3.05, 3.63) is 56.5 Å². The largest absolute Gasteiger partial charge is 0.435 e. The van der Waals surface area contributed by atoms with E-state index in [0.717, 1.165) is 4.52 Å². The van der Waals surface area contributed by atoms with Crippen molar-refractivity contribution in [1.82, 2.24) is 14.6 Å². The summed E-state index contributed by atoms with van der Waals surface area (Å²) in [7, 11) is 0. The molecule has 0 bridgehead atoms. The van der Waals surface area contributed by atoms with Gasteiger partial charge in [-0.2, -0.15) is 22.8 Å². The fourth-order valence-corrected chi connectivity index (χ4v) is 2.51. The van der Waals surface area contributed by atoms with E-state index in [1.54, 1.807) is 37.3 Å². The normalized spacial score (nSPS) is 12.0. The van der Waals surface area contributed by atoms with E-state index in [-0.39, 0.29) is 15.7 Å². The van der Waals surface area contributed by atoms with Gasteiger partial charge in [0.15, 0.2) is 5.69 Å². The van der Waals surface area contributed by atoms with Crippen LogP contribution < -0.4 is 5.56 Å². The van der Waals surface area contributed by atoms with Crippen LogP contribution in [-0.4, -0.2) is 14.6 Å². The quantitative estimate of drug-likeness (QED) is 0.707. The van der Waals surface area contributed by atoms with Gasteiger partial charge in [-0.05, 0) is 28.4 Å². The van der Waals surface area contributed by atoms with Crippen molar-refractivity contribution in [2.24, 2.45) is 0 Å². The molecule has 3 aromatic rings. The third-order valence-corrected chi connectivity index (χ3v) is 4.17. The first-order valence-corrected chi connectivity index (χ1v) is 7.03. The molecule has 0 amide bonds. The van der Waals surface area contributed by atoms with Crippen LogP contribution in [0.2, 0.25) is 0 Å². The van der Waals surface area contributed by atoms with Gasteiger partial charge >= 0.3 is 6.18 Å². The third-order valence-electron chi connectivity index (χ3n) is 3.23. The van der Waals surface area contributed by atoms with E-state index in [4.69, 9.17) is 0 Å². The van der Waals surface area contributed by atoms with Gasteiger partial charge in [0.1, 0.15) is 10.1 Å². The molecule has 0 aliphatic heterocycles. The molecule has 3 rings (SSSR count). The monoisotopic (exact) mass is 371 g/mol. The predicted octanol–water partition coefficient (Wildman–Crippen LogP) is 3.78. The molecule has 0 aliphatic carbocycles. The van der Waals surface area contributed by atoms with Crippen LogP contribution in [0.5, 0.6) is 0 Å². The molecule has 0 atom stereocenters. The lowest BCUT2D eigenvalue weighted by molar-refractivity contribution is -0.140. The van der Waals surface area contributed by atoms with Crippen molar-refractivity contribution in [2.75, 3.05) is 0 Å². The third kappa shape index (κ3) is 2.23. The number of fused-ring (bicyclic) bond motifs is 1. The Hall–Kier alpha value is -2.09. The van der Waals surface area contributed by atoms with Gasteiger partial charge in [0, 0.05) is 5.69 Å². The summed E-state index contributed by atoms with van der Waals surface area (Å²) in [6, 6.07) is 8.04. The Bertz CT molecular complexity index is 913. The number of benzene rings is 1. The van der Waals surface area contributed by atoms with Crippen LogP contribution in [0.4, 0.5) is 13.2 Å². The first-order valence-electron chi connectivity index (χ1n) is 6.24. The van der Waals surface area contributed by atoms with Gasteiger partial charge in [-0.15, -0.1) is 0 Å². The highest BCUT2D eigenvalue weighted by Crippen LogP contribution is 2.38. The molecule has 0 saturated heterocycles. The zero-order chi connectivity index (χ0) is 16.1. The lowest BCUT2D eigenvalue weighted by Crippen LogP contribution is -2.18. The summed E-state index contributed by atoms with van der Waals surface area (Å²) in [5.41, 5.74) is -1.08. The van der Waals surface area contributed by atoms with E-state index in [2.05, 4.69) is 26.0 Å². The zero-order valence-corrected chi connectivity index (χ0v) is 12.8. The minimum absolute atomic E-state index is 0.0178. The van der Waals surface area contributed by atoms with Crippen LogP contribution in [0.1, 0.15) is 11.4 Å². The SMILES string of the molecule is Cc1[nH]c2c(-c3ccccc3)c(C(F)(F)F)nn2c(=O)c1Br. The van der Waals surface area contributed by atoms with E-state index in [9.17, 15) is 18.0 Å². The number of hydrogen-bond acceptors (Lipinski definition) is 2. The van der Waals surface area contributed by atoms with E-state index >= 15 is 0 Å². The van der Waals surface area contributed by atoms with Crippen LogP contribution in [0.3, 0.4) is 0 Å². The molecule has 114 valence electrons. The highest BCUT2D eigenvalue weighted by Gasteiger charge is 2.39. The number of rotatable bonds is 1. The van der Waals surface area contributed by atoms with Crippen LogP contribution in [0.15, 0.2) is 39.6 Å². The standard InChI is InChI=1S/C14H9BrF3N3O/c1-7-10(15)13(22)21-12(19-7)9(8-5-3-2-4-6-8)11(20-21)14(16,17)18/h2-6,19H,1H3. The molecule has 0 radical (unpaired) electrons. The molecule has 0 saturated carbocycles. The predicted molar refractivity (Wildman–Crippen MR) is 78.7 cm³/mol. The van der Waals surface area contributed by atoms with Gasteiger partial charge in [0.05, 0.1) is 5.56 Å². The summed E-state index contributed by atoms with van der Waals surface area (Å²) in [4.78, 5) is 15.0. The summed E-state index contributed by atoms with van der Waals surface area (Å²) in [6.07, 6.45) is -4.67. The van der Waals surface area contributed by atoms with Gasteiger partial charge in [0.2, 0.25) is 0 Å². The number of nitrogens with zero attached hydrogens (tertiary/aromatic N) is 2. The van der Waals surface area contributed by atoms with Gasteiger partial charge in [0.25, 0.3) is 5.56 Å². The van der Waals surface area contributed by atoms with E-state index in [0.29, 0.717) is 11.3 Å². The molecular weight excluding hydrogens is 363 g/mol. The number of H-pyrrole nitrogens is 1. The number of aromatic amines is 1. The molecule has 0 aliphatic rings. The number of nitrogens with one attached hydrogen (secondary N) is 1. The van der Waals surface area contributed by atoms with E-state index in [1.165, 1.54) is 0 Å². The molecule has 0 fully saturated rings. The number of hydrogen-bond donors (Lipinski definition) is 1. The fraction of sp³-hybridized carbons (Fsp3) is 0.143. The maximum absolute atomic E-state index is 13.3. The Balaban J connectivity index is 2.50. The Morgan fingerprint density at radius 3 is 2.45 bits per heavy atom. The van der Waals surface area contributed by atoms with Gasteiger partial charge in [-0.3, -0.25) is 4.79 Å². The molecule has 2 aromatic heterocycles. The highest BCUT2D eigenvalue weighted by atomic mass is 79.9. The second-order valence-corrected chi connectivity index (χ2v) is 5.51. The summed E-state index contributed by atoms with van der Waals surface area (Å²) in [5.74, 6) is 0. The Morgan fingerprint density at radius 1 is 1.23 bits per heavy atom. The van der Waals surface area contributed by atoms with Gasteiger partial charge in [-0.1, -0.05) is 30.3 Å². The second-order valence-electron chi connectivity index (χ2n) is 4.72. The molecule has 1 N–H and O–H groups in total. The molecule has 0 spiro atoms. The Labute approximate surface area is 130 Å². The van der Waals surface area contributed by atoms with Crippen LogP contribution in [0.25, 0.3) is 16.8 Å². The number of halogens is 4. The van der Waals surface area contributed by atoms with Crippen molar-refractivity contribution in [3.8, 4) is 11.1 Å². The van der Waals surface area contributed by atoms with Crippen molar-refractivity contribution in [2.45, 2.75) is 13.1 Å². The molecule has 1 aromatic carbocycles. The first-order chi connectivity index (χ1) is 10.3. The Morgan fingerprint density at radius 2 is 1.86 bits per heavy atom. The number of aromatic nitrogens is 3. The van der Waals surface area contributed by atoms with Crippen molar-refractivity contribution < 1.29 is 13.2 Å². The van der Waals surface area contributed by atoms with Crippen LogP contribution >= 0.6 is 15.9 Å². The van der Waals surface area contributed by atoms with E-state index < -0.39 is 17.4 Å². The summed E-state index contributed by atoms with van der Waals surface area (Å²) < 4.78 is 40.8. The van der Waals surface area contributed by atoms with E-state index in [1.807, 2.05) is 0 Å². The fourth-order valence-electron chi connectivity index (χ4n) is 2.24. The highest BCUT2D eigenvalue weighted by molar-refractivity contribution is 9.10. The molecule has 2 heterocycles. The maximum Gasteiger partial charge on any atom is 0.435 e.